The number of esters is 1. The zero-order valence-electron chi connectivity index (χ0n) is 28.5. The number of hydrogen-bond acceptors (Lipinski definition) is 11. The Balaban J connectivity index is 1.40. The minimum Gasteiger partial charge on any atom is -0.465 e. The Hall–Kier alpha value is -4.29. The van der Waals surface area contributed by atoms with Crippen LogP contribution in [0.25, 0.3) is 16.7 Å². The van der Waals surface area contributed by atoms with Crippen molar-refractivity contribution >= 4 is 77.6 Å². The van der Waals surface area contributed by atoms with Gasteiger partial charge >= 0.3 is 12.1 Å². The standard InChI is InChI=1S/C34H38N4O9S4/c1-6-46-29(39)21-38-31(40)30(49-33(38)48)22(2)25-8-7-9-26(20-25)37-51(44,45)28-16-12-24(13-17-28)23-10-14-27(15-11-23)50(42,43)36-19-18-35-32(41)47-34(3,4)5/h7-17,20,36-37H,6,18-19,21H2,1-5H3,(H,35,41)/b30-22-. The third-order valence-electron chi connectivity index (χ3n) is 7.08. The lowest BCUT2D eigenvalue weighted by atomic mass is 10.1. The lowest BCUT2D eigenvalue weighted by molar-refractivity contribution is -0.145. The number of anilines is 1. The number of thioether (sulfide) groups is 1. The van der Waals surface area contributed by atoms with Crippen LogP contribution in [0.1, 0.15) is 40.2 Å². The summed E-state index contributed by atoms with van der Waals surface area (Å²) in [5.74, 6) is -1.00. The topological polar surface area (TPSA) is 177 Å². The average Bonchev–Trinajstić information content (AvgIpc) is 3.34. The molecule has 0 bridgehead atoms. The fraction of sp³-hybridized carbons (Fsp3) is 0.294. The van der Waals surface area contributed by atoms with Gasteiger partial charge in [-0.15, -0.1) is 0 Å². The summed E-state index contributed by atoms with van der Waals surface area (Å²) in [6, 6.07) is 18.7. The molecule has 17 heteroatoms. The predicted molar refractivity (Wildman–Crippen MR) is 200 cm³/mol. The van der Waals surface area contributed by atoms with Crippen molar-refractivity contribution in [3.8, 4) is 11.1 Å². The van der Waals surface area contributed by atoms with E-state index in [0.29, 0.717) is 27.2 Å². The van der Waals surface area contributed by atoms with Gasteiger partial charge in [0.05, 0.1) is 21.3 Å². The summed E-state index contributed by atoms with van der Waals surface area (Å²) in [4.78, 5) is 38.3. The molecule has 1 saturated heterocycles. The van der Waals surface area contributed by atoms with Crippen molar-refractivity contribution in [1.82, 2.24) is 14.9 Å². The highest BCUT2D eigenvalue weighted by molar-refractivity contribution is 8.26. The van der Waals surface area contributed by atoms with Gasteiger partial charge in [0.2, 0.25) is 10.0 Å². The molecule has 1 fully saturated rings. The van der Waals surface area contributed by atoms with Crippen LogP contribution in [0, 0.1) is 0 Å². The van der Waals surface area contributed by atoms with Gasteiger partial charge in [-0.1, -0.05) is 60.4 Å². The second-order valence-electron chi connectivity index (χ2n) is 12.1. The summed E-state index contributed by atoms with van der Waals surface area (Å²) >= 11 is 6.37. The molecular weight excluding hydrogens is 737 g/mol. The number of benzene rings is 3. The quantitative estimate of drug-likeness (QED) is 0.0910. The fourth-order valence-corrected chi connectivity index (χ4v) is 8.04. The Bertz CT molecular complexity index is 2060. The van der Waals surface area contributed by atoms with Gasteiger partial charge in [0, 0.05) is 18.8 Å². The van der Waals surface area contributed by atoms with Crippen LogP contribution in [0.2, 0.25) is 0 Å². The lowest BCUT2D eigenvalue weighted by Crippen LogP contribution is -2.37. The highest BCUT2D eigenvalue weighted by Crippen LogP contribution is 2.37. The molecule has 0 aromatic heterocycles. The van der Waals surface area contributed by atoms with Crippen molar-refractivity contribution < 1.29 is 40.7 Å². The summed E-state index contributed by atoms with van der Waals surface area (Å²) in [5, 5.41) is 2.49. The Kier molecular flexibility index (Phi) is 12.7. The zero-order chi connectivity index (χ0) is 37.6. The molecule has 3 N–H and O–H groups in total. The van der Waals surface area contributed by atoms with Crippen LogP contribution in [0.15, 0.2) is 87.5 Å². The van der Waals surface area contributed by atoms with E-state index >= 15 is 0 Å². The molecule has 0 spiro atoms. The Morgan fingerprint density at radius 2 is 1.47 bits per heavy atom. The highest BCUT2D eigenvalue weighted by Gasteiger charge is 2.35. The largest absolute Gasteiger partial charge is 0.465 e. The second-order valence-corrected chi connectivity index (χ2v) is 17.2. The van der Waals surface area contributed by atoms with E-state index in [-0.39, 0.29) is 46.0 Å². The van der Waals surface area contributed by atoms with E-state index < -0.39 is 43.6 Å². The fourth-order valence-electron chi connectivity index (χ4n) is 4.66. The van der Waals surface area contributed by atoms with Crippen molar-refractivity contribution in [3.05, 3.63) is 83.3 Å². The van der Waals surface area contributed by atoms with Gasteiger partial charge in [-0.3, -0.25) is 19.2 Å². The summed E-state index contributed by atoms with van der Waals surface area (Å²) < 4.78 is 67.3. The number of thiocarbonyl (C=S) groups is 1. The molecule has 2 amide bonds. The number of nitrogens with one attached hydrogen (secondary N) is 3. The zero-order valence-corrected chi connectivity index (χ0v) is 31.8. The van der Waals surface area contributed by atoms with Crippen LogP contribution in [0.3, 0.4) is 0 Å². The first-order chi connectivity index (χ1) is 23.9. The van der Waals surface area contributed by atoms with E-state index in [9.17, 15) is 31.2 Å². The van der Waals surface area contributed by atoms with Gasteiger partial charge < -0.3 is 14.8 Å². The molecule has 4 rings (SSSR count). The molecule has 1 aliphatic rings. The van der Waals surface area contributed by atoms with Crippen LogP contribution >= 0.6 is 24.0 Å². The molecule has 0 atom stereocenters. The number of ether oxygens (including phenoxy) is 2. The van der Waals surface area contributed by atoms with Gasteiger partial charge in [-0.05, 0) is 93.3 Å². The minimum atomic E-state index is -4.01. The van der Waals surface area contributed by atoms with E-state index in [4.69, 9.17) is 21.7 Å². The van der Waals surface area contributed by atoms with Crippen LogP contribution in [0.4, 0.5) is 10.5 Å². The van der Waals surface area contributed by atoms with Crippen LogP contribution in [0.5, 0.6) is 0 Å². The summed E-state index contributed by atoms with van der Waals surface area (Å²) in [6.07, 6.45) is -0.649. The molecule has 3 aromatic rings. The number of hydrogen-bond donors (Lipinski definition) is 3. The molecule has 0 unspecified atom stereocenters. The van der Waals surface area contributed by atoms with Crippen LogP contribution < -0.4 is 14.8 Å². The van der Waals surface area contributed by atoms with E-state index in [1.54, 1.807) is 83.1 Å². The maximum absolute atomic E-state index is 13.3. The number of alkyl carbamates (subject to hydrolysis) is 1. The average molecular weight is 775 g/mol. The number of allylic oxidation sites excluding steroid dienone is 1. The summed E-state index contributed by atoms with van der Waals surface area (Å²) in [5.41, 5.74) is 2.06. The Labute approximate surface area is 307 Å². The molecule has 0 saturated carbocycles. The first kappa shape index (κ1) is 39.5. The number of nitrogens with zero attached hydrogens (tertiary/aromatic N) is 1. The molecule has 1 heterocycles. The SMILES string of the molecule is CCOC(=O)CN1C(=O)/C(=C(\C)c2cccc(NS(=O)(=O)c3ccc(-c4ccc(S(=O)(=O)NCCNC(=O)OC(C)(C)C)cc4)cc3)c2)SC1=S. The smallest absolute Gasteiger partial charge is 0.407 e. The number of sulfonamides is 2. The van der Waals surface area contributed by atoms with Gasteiger partial charge in [-0.25, -0.2) is 26.4 Å². The third kappa shape index (κ3) is 10.6. The molecule has 1 aliphatic heterocycles. The first-order valence-electron chi connectivity index (χ1n) is 15.6. The number of carbonyl (C=O) groups excluding carboxylic acids is 3. The van der Waals surface area contributed by atoms with Gasteiger partial charge in [0.15, 0.2) is 0 Å². The van der Waals surface area contributed by atoms with Crippen molar-refractivity contribution in [1.29, 1.82) is 0 Å². The van der Waals surface area contributed by atoms with Gasteiger partial charge in [0.1, 0.15) is 16.5 Å². The molecule has 0 radical (unpaired) electrons. The normalized spacial score (nSPS) is 14.6. The van der Waals surface area contributed by atoms with E-state index in [1.165, 1.54) is 29.2 Å². The van der Waals surface area contributed by atoms with Gasteiger partial charge in [-0.2, -0.15) is 0 Å². The molecule has 0 aliphatic carbocycles. The molecular formula is C34H38N4O9S4. The number of amides is 2. The Morgan fingerprint density at radius 3 is 2.04 bits per heavy atom. The van der Waals surface area contributed by atoms with E-state index in [1.807, 2.05) is 0 Å². The van der Waals surface area contributed by atoms with Crippen LogP contribution in [-0.2, 0) is 39.1 Å². The van der Waals surface area contributed by atoms with Gasteiger partial charge in [0.25, 0.3) is 15.9 Å². The molecule has 13 nitrogen and oxygen atoms in total. The maximum atomic E-state index is 13.3. The molecule has 51 heavy (non-hydrogen) atoms. The monoisotopic (exact) mass is 774 g/mol. The Morgan fingerprint density at radius 1 is 0.882 bits per heavy atom. The highest BCUT2D eigenvalue weighted by atomic mass is 32.2. The van der Waals surface area contributed by atoms with Crippen molar-refractivity contribution in [2.45, 2.75) is 50.0 Å². The third-order valence-corrected chi connectivity index (χ3v) is 11.5. The van der Waals surface area contributed by atoms with Crippen molar-refractivity contribution in [2.75, 3.05) is 31.0 Å². The van der Waals surface area contributed by atoms with Crippen molar-refractivity contribution in [2.24, 2.45) is 0 Å². The van der Waals surface area contributed by atoms with Crippen molar-refractivity contribution in [3.63, 3.8) is 0 Å². The maximum Gasteiger partial charge on any atom is 0.407 e. The number of carbonyl (C=O) groups is 3. The molecule has 272 valence electrons. The van der Waals surface area contributed by atoms with Crippen LogP contribution in [-0.4, -0.2) is 75.9 Å². The lowest BCUT2D eigenvalue weighted by Gasteiger charge is -2.19. The van der Waals surface area contributed by atoms with E-state index in [0.717, 1.165) is 11.8 Å². The summed E-state index contributed by atoms with van der Waals surface area (Å²) in [7, 11) is -7.86. The van der Waals surface area contributed by atoms with E-state index in [2.05, 4.69) is 14.8 Å². The minimum absolute atomic E-state index is 0.00315. The second kappa shape index (κ2) is 16.4. The first-order valence-corrected chi connectivity index (χ1v) is 19.8. The predicted octanol–water partition coefficient (Wildman–Crippen LogP) is 5.11. The molecule has 3 aromatic carbocycles. The number of rotatable bonds is 13. The summed E-state index contributed by atoms with van der Waals surface area (Å²) in [6.45, 7) is 8.42.